The molecule has 0 bridgehead atoms. The molecular formula is C22H27ClO6. The van der Waals surface area contributed by atoms with Gasteiger partial charge in [-0.15, -0.1) is 0 Å². The highest BCUT2D eigenvalue weighted by atomic mass is 35.5. The summed E-state index contributed by atoms with van der Waals surface area (Å²) >= 11 is 5.98. The monoisotopic (exact) mass is 422 g/mol. The van der Waals surface area contributed by atoms with Crippen molar-refractivity contribution >= 4 is 17.6 Å². The van der Waals surface area contributed by atoms with E-state index in [-0.39, 0.29) is 25.7 Å². The van der Waals surface area contributed by atoms with Crippen LogP contribution < -0.4 is 9.47 Å². The van der Waals surface area contributed by atoms with Crippen molar-refractivity contribution in [1.82, 2.24) is 0 Å². The van der Waals surface area contributed by atoms with Gasteiger partial charge in [0.25, 0.3) is 0 Å². The van der Waals surface area contributed by atoms with E-state index in [1.54, 1.807) is 50.2 Å². The summed E-state index contributed by atoms with van der Waals surface area (Å²) in [6.45, 7) is 5.59. The fourth-order valence-corrected chi connectivity index (χ4v) is 2.76. The third-order valence-electron chi connectivity index (χ3n) is 4.05. The Hall–Kier alpha value is -2.28. The summed E-state index contributed by atoms with van der Waals surface area (Å²) in [5.74, 6) is 0.158. The van der Waals surface area contributed by atoms with Gasteiger partial charge in [-0.1, -0.05) is 23.7 Å². The van der Waals surface area contributed by atoms with Gasteiger partial charge in [-0.2, -0.15) is 0 Å². The van der Waals surface area contributed by atoms with Gasteiger partial charge in [0.05, 0.1) is 6.10 Å². The molecule has 29 heavy (non-hydrogen) atoms. The average Bonchev–Trinajstić information content (AvgIpc) is 2.66. The van der Waals surface area contributed by atoms with Crippen molar-refractivity contribution in [3.05, 3.63) is 58.6 Å². The molecule has 0 fully saturated rings. The number of rotatable bonds is 11. The third kappa shape index (κ3) is 7.93. The second-order valence-corrected chi connectivity index (χ2v) is 7.46. The van der Waals surface area contributed by atoms with Crippen molar-refractivity contribution in [2.24, 2.45) is 0 Å². The van der Waals surface area contributed by atoms with E-state index in [1.807, 2.05) is 13.0 Å². The molecule has 2 aromatic carbocycles. The number of aryl methyl sites for hydroxylation is 1. The fourth-order valence-electron chi connectivity index (χ4n) is 2.64. The molecule has 0 aliphatic carbocycles. The zero-order valence-corrected chi connectivity index (χ0v) is 17.6. The number of hydrogen-bond donors (Lipinski definition) is 2. The summed E-state index contributed by atoms with van der Waals surface area (Å²) in [4.78, 5) is 11.4. The van der Waals surface area contributed by atoms with Crippen molar-refractivity contribution in [3.63, 3.8) is 0 Å². The molecule has 2 aromatic rings. The first kappa shape index (κ1) is 23.0. The van der Waals surface area contributed by atoms with Crippen LogP contribution >= 0.6 is 11.6 Å². The number of aliphatic carboxylic acids is 1. The van der Waals surface area contributed by atoms with Gasteiger partial charge in [0, 0.05) is 11.4 Å². The van der Waals surface area contributed by atoms with Gasteiger partial charge in [0.1, 0.15) is 30.8 Å². The highest BCUT2D eigenvalue weighted by molar-refractivity contribution is 6.31. The molecule has 2 N–H and O–H groups in total. The largest absolute Gasteiger partial charge is 0.491 e. The first-order valence-electron chi connectivity index (χ1n) is 9.41. The number of carboxylic acid groups (broad SMARTS) is 1. The summed E-state index contributed by atoms with van der Waals surface area (Å²) in [6, 6.07) is 12.4. The van der Waals surface area contributed by atoms with E-state index in [0.717, 1.165) is 11.1 Å². The minimum absolute atomic E-state index is 0.0425. The Morgan fingerprint density at radius 2 is 1.72 bits per heavy atom. The molecule has 158 valence electrons. The number of halogens is 1. The maximum Gasteiger partial charge on any atom is 0.333 e. The molecule has 0 amide bonds. The van der Waals surface area contributed by atoms with E-state index in [9.17, 15) is 15.0 Å². The number of benzene rings is 2. The van der Waals surface area contributed by atoms with Crippen LogP contribution in [0.1, 0.15) is 25.0 Å². The van der Waals surface area contributed by atoms with E-state index in [4.69, 9.17) is 25.8 Å². The third-order valence-corrected chi connectivity index (χ3v) is 4.47. The van der Waals surface area contributed by atoms with Crippen molar-refractivity contribution in [2.45, 2.75) is 45.5 Å². The highest BCUT2D eigenvalue weighted by Gasteiger charge is 2.20. The standard InChI is InChI=1S/C22H27ClO6/c1-14(2)29-21(22(25)26)11-16-5-4-6-18(10-16)27-12-17(24)13-28-19-7-8-20(23)15(3)9-19/h4-10,14,17,21,24H,11-13H2,1-3H3,(H,25,26)/t17-,21-/m0/s1. The number of aliphatic hydroxyl groups excluding tert-OH is 1. The van der Waals surface area contributed by atoms with Crippen LogP contribution in [0.2, 0.25) is 5.02 Å². The van der Waals surface area contributed by atoms with Gasteiger partial charge in [0.15, 0.2) is 6.10 Å². The first-order valence-corrected chi connectivity index (χ1v) is 9.79. The average molecular weight is 423 g/mol. The molecule has 2 atom stereocenters. The second kappa shape index (κ2) is 11.0. The second-order valence-electron chi connectivity index (χ2n) is 7.05. The molecular weight excluding hydrogens is 396 g/mol. The highest BCUT2D eigenvalue weighted by Crippen LogP contribution is 2.21. The predicted molar refractivity (Wildman–Crippen MR) is 111 cm³/mol. The number of carboxylic acids is 1. The van der Waals surface area contributed by atoms with E-state index >= 15 is 0 Å². The quantitative estimate of drug-likeness (QED) is 0.571. The molecule has 0 aromatic heterocycles. The van der Waals surface area contributed by atoms with Crippen LogP contribution in [0.4, 0.5) is 0 Å². The SMILES string of the molecule is Cc1cc(OC[C@@H](O)COc2cccc(C[C@H](OC(C)C)C(=O)O)c2)ccc1Cl. The lowest BCUT2D eigenvalue weighted by Crippen LogP contribution is -2.29. The lowest BCUT2D eigenvalue weighted by Gasteiger charge is -2.17. The zero-order chi connectivity index (χ0) is 21.4. The Balaban J connectivity index is 1.86. The molecule has 0 radical (unpaired) electrons. The summed E-state index contributed by atoms with van der Waals surface area (Å²) in [7, 11) is 0. The molecule has 0 saturated carbocycles. The molecule has 0 heterocycles. The lowest BCUT2D eigenvalue weighted by atomic mass is 10.1. The predicted octanol–water partition coefficient (Wildman–Crippen LogP) is 3.89. The summed E-state index contributed by atoms with van der Waals surface area (Å²) in [5.41, 5.74) is 1.67. The molecule has 0 spiro atoms. The van der Waals surface area contributed by atoms with Crippen LogP contribution in [0.3, 0.4) is 0 Å². The summed E-state index contributed by atoms with van der Waals surface area (Å²) in [6.07, 6.45) is -1.71. The van der Waals surface area contributed by atoms with E-state index < -0.39 is 18.2 Å². The smallest absolute Gasteiger partial charge is 0.333 e. The summed E-state index contributed by atoms with van der Waals surface area (Å²) < 4.78 is 16.6. The number of ether oxygens (including phenoxy) is 3. The Bertz CT molecular complexity index is 808. The van der Waals surface area contributed by atoms with Crippen molar-refractivity contribution in [2.75, 3.05) is 13.2 Å². The molecule has 0 aliphatic rings. The topological polar surface area (TPSA) is 85.2 Å². The minimum Gasteiger partial charge on any atom is -0.491 e. The van der Waals surface area contributed by atoms with Crippen molar-refractivity contribution in [1.29, 1.82) is 0 Å². The van der Waals surface area contributed by atoms with Gasteiger partial charge < -0.3 is 24.4 Å². The Morgan fingerprint density at radius 3 is 2.31 bits per heavy atom. The minimum atomic E-state index is -1.00. The van der Waals surface area contributed by atoms with Crippen LogP contribution in [0.25, 0.3) is 0 Å². The van der Waals surface area contributed by atoms with E-state index in [1.165, 1.54) is 0 Å². The van der Waals surface area contributed by atoms with Gasteiger partial charge in [-0.25, -0.2) is 4.79 Å². The normalized spacial score (nSPS) is 13.2. The molecule has 7 heteroatoms. The van der Waals surface area contributed by atoms with Crippen LogP contribution in [-0.2, 0) is 16.0 Å². The molecule has 2 rings (SSSR count). The maximum absolute atomic E-state index is 11.4. The number of hydrogen-bond acceptors (Lipinski definition) is 5. The molecule has 0 aliphatic heterocycles. The fraction of sp³-hybridized carbons (Fsp3) is 0.409. The number of carbonyl (C=O) groups is 1. The van der Waals surface area contributed by atoms with Crippen molar-refractivity contribution in [3.8, 4) is 11.5 Å². The Morgan fingerprint density at radius 1 is 1.07 bits per heavy atom. The van der Waals surface area contributed by atoms with Gasteiger partial charge in [-0.3, -0.25) is 0 Å². The zero-order valence-electron chi connectivity index (χ0n) is 16.8. The van der Waals surface area contributed by atoms with E-state index in [2.05, 4.69) is 0 Å². The lowest BCUT2D eigenvalue weighted by molar-refractivity contribution is -0.153. The van der Waals surface area contributed by atoms with Gasteiger partial charge in [-0.05, 0) is 62.2 Å². The number of aliphatic hydroxyl groups is 1. The molecule has 0 saturated heterocycles. The van der Waals surface area contributed by atoms with Crippen LogP contribution in [0.15, 0.2) is 42.5 Å². The van der Waals surface area contributed by atoms with Gasteiger partial charge >= 0.3 is 5.97 Å². The Labute approximate surface area is 176 Å². The van der Waals surface area contributed by atoms with Gasteiger partial charge in [0.2, 0.25) is 0 Å². The summed E-state index contributed by atoms with van der Waals surface area (Å²) in [5, 5.41) is 20.1. The van der Waals surface area contributed by atoms with E-state index in [0.29, 0.717) is 16.5 Å². The Kier molecular flexibility index (Phi) is 8.76. The van der Waals surface area contributed by atoms with Crippen LogP contribution in [0, 0.1) is 6.92 Å². The van der Waals surface area contributed by atoms with Crippen molar-refractivity contribution < 1.29 is 29.2 Å². The maximum atomic E-state index is 11.4. The van der Waals surface area contributed by atoms with Crippen LogP contribution in [-0.4, -0.2) is 47.7 Å². The molecule has 0 unspecified atom stereocenters. The first-order chi connectivity index (χ1) is 13.7. The molecule has 6 nitrogen and oxygen atoms in total. The van der Waals surface area contributed by atoms with Crippen LogP contribution in [0.5, 0.6) is 11.5 Å².